The lowest BCUT2D eigenvalue weighted by atomic mass is 10.2. The molecule has 2 aliphatic heterocycles. The van der Waals surface area contributed by atoms with Gasteiger partial charge in [0.15, 0.2) is 5.13 Å². The number of fused-ring (bicyclic) bond motifs is 1. The molecule has 0 unspecified atom stereocenters. The van der Waals surface area contributed by atoms with Crippen molar-refractivity contribution < 1.29 is 27.5 Å². The normalized spacial score (nSPS) is 16.8. The van der Waals surface area contributed by atoms with Crippen LogP contribution in [0.5, 0.6) is 5.75 Å². The topological polar surface area (TPSA) is 113 Å². The summed E-state index contributed by atoms with van der Waals surface area (Å²) < 4.78 is 39.2. The Labute approximate surface area is 237 Å². The minimum absolute atomic E-state index is 0.125. The molecule has 214 valence electrons. The fourth-order valence-corrected chi connectivity index (χ4v) is 7.45. The van der Waals surface area contributed by atoms with Gasteiger partial charge in [-0.25, -0.2) is 18.2 Å². The molecule has 3 aromatic rings. The molecule has 3 heterocycles. The zero-order chi connectivity index (χ0) is 28.4. The van der Waals surface area contributed by atoms with Crippen LogP contribution in [0.3, 0.4) is 0 Å². The highest BCUT2D eigenvalue weighted by Gasteiger charge is 2.31. The quantitative estimate of drug-likeness (QED) is 0.433. The monoisotopic (exact) mass is 587 g/mol. The maximum absolute atomic E-state index is 13.2. The lowest BCUT2D eigenvalue weighted by Crippen LogP contribution is -2.50. The van der Waals surface area contributed by atoms with E-state index in [0.29, 0.717) is 31.7 Å². The van der Waals surface area contributed by atoms with Gasteiger partial charge in [-0.15, -0.1) is 0 Å². The van der Waals surface area contributed by atoms with Crippen molar-refractivity contribution in [3.8, 4) is 5.75 Å². The molecule has 0 spiro atoms. The Bertz CT molecular complexity index is 1490. The molecule has 11 nitrogen and oxygen atoms in total. The molecular formula is C27H33N5O6S2. The number of rotatable bonds is 6. The van der Waals surface area contributed by atoms with E-state index in [-0.39, 0.29) is 43.6 Å². The van der Waals surface area contributed by atoms with Gasteiger partial charge in [-0.05, 0) is 49.7 Å². The molecule has 0 saturated carbocycles. The Morgan fingerprint density at radius 1 is 0.925 bits per heavy atom. The number of aromatic nitrogens is 1. The fraction of sp³-hybridized carbons (Fsp3) is 0.444. The van der Waals surface area contributed by atoms with Gasteiger partial charge in [-0.2, -0.15) is 4.31 Å². The largest absolute Gasteiger partial charge is 0.494 e. The van der Waals surface area contributed by atoms with Crippen LogP contribution in [0.1, 0.15) is 22.8 Å². The summed E-state index contributed by atoms with van der Waals surface area (Å²) in [5, 5.41) is 0.910. The molecule has 0 aliphatic carbocycles. The van der Waals surface area contributed by atoms with Crippen molar-refractivity contribution in [3.63, 3.8) is 0 Å². The van der Waals surface area contributed by atoms with Crippen LogP contribution in [-0.4, -0.2) is 106 Å². The van der Waals surface area contributed by atoms with E-state index in [0.717, 1.165) is 26.7 Å². The van der Waals surface area contributed by atoms with E-state index in [9.17, 15) is 18.0 Å². The first-order valence-electron chi connectivity index (χ1n) is 13.2. The number of carbonyl (C=O) groups excluding carboxylic acids is 2. The molecule has 2 amide bonds. The smallest absolute Gasteiger partial charge is 0.409 e. The van der Waals surface area contributed by atoms with Crippen molar-refractivity contribution in [1.29, 1.82) is 0 Å². The van der Waals surface area contributed by atoms with Crippen molar-refractivity contribution in [2.24, 2.45) is 0 Å². The Kier molecular flexibility index (Phi) is 8.15. The number of carbonyl (C=O) groups is 2. The molecule has 5 rings (SSSR count). The van der Waals surface area contributed by atoms with Gasteiger partial charge < -0.3 is 24.2 Å². The minimum Gasteiger partial charge on any atom is -0.494 e. The second kappa shape index (κ2) is 11.6. The predicted octanol–water partition coefficient (Wildman–Crippen LogP) is 3.04. The maximum atomic E-state index is 13.2. The van der Waals surface area contributed by atoms with Crippen LogP contribution in [0.25, 0.3) is 10.2 Å². The Hall–Kier alpha value is -3.42. The van der Waals surface area contributed by atoms with Gasteiger partial charge in [0.1, 0.15) is 11.3 Å². The molecule has 0 atom stereocenters. The van der Waals surface area contributed by atoms with E-state index in [1.807, 2.05) is 12.1 Å². The van der Waals surface area contributed by atoms with E-state index >= 15 is 0 Å². The molecule has 0 bridgehead atoms. The van der Waals surface area contributed by atoms with Crippen molar-refractivity contribution in [2.75, 3.05) is 71.0 Å². The standard InChI is InChI=1S/C27H33N5O6S2/c1-4-38-27(34)31-15-17-32(18-16-31)40(35,36)21-8-6-20(7-9-21)25(33)29-11-13-30(14-12-29)26-28-23-22(37-3)10-5-19(2)24(23)39-26/h5-10H,4,11-18H2,1-3H3. The third-order valence-corrected chi connectivity index (χ3v) is 10.4. The molecule has 2 saturated heterocycles. The van der Waals surface area contributed by atoms with Gasteiger partial charge >= 0.3 is 6.09 Å². The molecule has 40 heavy (non-hydrogen) atoms. The second-order valence-electron chi connectivity index (χ2n) is 9.65. The first kappa shape index (κ1) is 28.1. The zero-order valence-corrected chi connectivity index (χ0v) is 24.5. The number of hydrogen-bond donors (Lipinski definition) is 0. The number of benzene rings is 2. The van der Waals surface area contributed by atoms with E-state index < -0.39 is 16.1 Å². The summed E-state index contributed by atoms with van der Waals surface area (Å²) in [6, 6.07) is 10.1. The summed E-state index contributed by atoms with van der Waals surface area (Å²) in [7, 11) is -2.10. The number of aryl methyl sites for hydroxylation is 1. The molecule has 2 aromatic carbocycles. The van der Waals surface area contributed by atoms with Gasteiger partial charge in [0.2, 0.25) is 10.0 Å². The molecule has 2 aliphatic rings. The van der Waals surface area contributed by atoms with E-state index in [1.54, 1.807) is 42.4 Å². The lowest BCUT2D eigenvalue weighted by molar-refractivity contribution is 0.0746. The predicted molar refractivity (Wildman–Crippen MR) is 153 cm³/mol. The van der Waals surface area contributed by atoms with Crippen molar-refractivity contribution in [1.82, 2.24) is 19.1 Å². The van der Waals surface area contributed by atoms with Crippen molar-refractivity contribution >= 4 is 48.7 Å². The number of nitrogens with zero attached hydrogens (tertiary/aromatic N) is 5. The first-order chi connectivity index (χ1) is 19.2. The highest BCUT2D eigenvalue weighted by molar-refractivity contribution is 7.89. The van der Waals surface area contributed by atoms with Crippen molar-refractivity contribution in [3.05, 3.63) is 47.5 Å². The van der Waals surface area contributed by atoms with Crippen LogP contribution in [-0.2, 0) is 14.8 Å². The number of methoxy groups -OCH3 is 1. The van der Waals surface area contributed by atoms with E-state index in [4.69, 9.17) is 14.5 Å². The molecule has 13 heteroatoms. The summed E-state index contributed by atoms with van der Waals surface area (Å²) in [6.07, 6.45) is -0.432. The first-order valence-corrected chi connectivity index (χ1v) is 15.5. The highest BCUT2D eigenvalue weighted by atomic mass is 32.2. The van der Waals surface area contributed by atoms with Crippen LogP contribution < -0.4 is 9.64 Å². The van der Waals surface area contributed by atoms with E-state index in [1.165, 1.54) is 21.3 Å². The molecule has 2 fully saturated rings. The lowest BCUT2D eigenvalue weighted by Gasteiger charge is -2.34. The van der Waals surface area contributed by atoms with Gasteiger partial charge in [-0.3, -0.25) is 4.79 Å². The Morgan fingerprint density at radius 2 is 1.57 bits per heavy atom. The summed E-state index contributed by atoms with van der Waals surface area (Å²) in [6.45, 7) is 7.35. The Balaban J connectivity index is 1.19. The minimum atomic E-state index is -3.74. The summed E-state index contributed by atoms with van der Waals surface area (Å²) >= 11 is 1.63. The number of anilines is 1. The van der Waals surface area contributed by atoms with Crippen LogP contribution in [0, 0.1) is 6.92 Å². The van der Waals surface area contributed by atoms with Gasteiger partial charge in [0.25, 0.3) is 5.91 Å². The van der Waals surface area contributed by atoms with E-state index in [2.05, 4.69) is 11.8 Å². The molecule has 0 N–H and O–H groups in total. The average molecular weight is 588 g/mol. The van der Waals surface area contributed by atoms with Crippen molar-refractivity contribution in [2.45, 2.75) is 18.7 Å². The third kappa shape index (κ3) is 5.45. The Morgan fingerprint density at radius 3 is 2.20 bits per heavy atom. The SMILES string of the molecule is CCOC(=O)N1CCN(S(=O)(=O)c2ccc(C(=O)N3CCN(c4nc5c(OC)ccc(C)c5s4)CC3)cc2)CC1. The van der Waals surface area contributed by atoms with Crippen LogP contribution in [0.4, 0.5) is 9.93 Å². The highest BCUT2D eigenvalue weighted by Crippen LogP contribution is 2.36. The average Bonchev–Trinajstić information content (AvgIpc) is 3.44. The van der Waals surface area contributed by atoms with Gasteiger partial charge in [0.05, 0.1) is 23.3 Å². The van der Waals surface area contributed by atoms with Gasteiger partial charge in [0, 0.05) is 57.9 Å². The second-order valence-corrected chi connectivity index (χ2v) is 12.6. The number of hydrogen-bond acceptors (Lipinski definition) is 9. The number of sulfonamides is 1. The molecular weight excluding hydrogens is 554 g/mol. The van der Waals surface area contributed by atoms with Gasteiger partial charge in [-0.1, -0.05) is 17.4 Å². The molecule has 0 radical (unpaired) electrons. The van der Waals surface area contributed by atoms with Crippen LogP contribution >= 0.6 is 11.3 Å². The number of amides is 2. The maximum Gasteiger partial charge on any atom is 0.409 e. The zero-order valence-electron chi connectivity index (χ0n) is 22.8. The summed E-state index contributed by atoms with van der Waals surface area (Å²) in [5.74, 6) is 0.620. The number of piperazine rings is 2. The number of thiazole rings is 1. The fourth-order valence-electron chi connectivity index (χ4n) is 4.93. The number of ether oxygens (including phenoxy) is 2. The van der Waals surface area contributed by atoms with Crippen LogP contribution in [0.2, 0.25) is 0 Å². The summed E-state index contributed by atoms with van der Waals surface area (Å²) in [4.78, 5) is 35.5. The van der Waals surface area contributed by atoms with Crippen LogP contribution in [0.15, 0.2) is 41.3 Å². The molecule has 1 aromatic heterocycles. The summed E-state index contributed by atoms with van der Waals surface area (Å²) in [5.41, 5.74) is 2.45. The third-order valence-electron chi connectivity index (χ3n) is 7.25.